The van der Waals surface area contributed by atoms with Gasteiger partial charge in [0.1, 0.15) is 0 Å². The van der Waals surface area contributed by atoms with E-state index in [1.165, 1.54) is 0 Å². The highest BCUT2D eigenvalue weighted by molar-refractivity contribution is 4.82. The van der Waals surface area contributed by atoms with Crippen molar-refractivity contribution in [3.05, 3.63) is 0 Å². The highest BCUT2D eigenvalue weighted by atomic mass is 16.5. The molecule has 1 aliphatic rings. The first-order chi connectivity index (χ1) is 5.59. The standard InChI is InChI=1S/C9H19NO2/c1-7(2)12-6-8-4-9(11)5-10(8)3/h7-9,11H,4-6H2,1-3H3/t8-,9?/m0/s1. The molecule has 72 valence electrons. The van der Waals surface area contributed by atoms with Crippen LogP contribution in [0.5, 0.6) is 0 Å². The minimum atomic E-state index is -0.157. The Morgan fingerprint density at radius 1 is 1.58 bits per heavy atom. The third-order valence-corrected chi connectivity index (χ3v) is 2.29. The normalized spacial score (nSPS) is 31.8. The molecule has 1 aliphatic heterocycles. The number of rotatable bonds is 3. The van der Waals surface area contributed by atoms with Gasteiger partial charge in [-0.3, -0.25) is 4.90 Å². The van der Waals surface area contributed by atoms with Crippen molar-refractivity contribution < 1.29 is 9.84 Å². The molecular formula is C9H19NO2. The second-order valence-electron chi connectivity index (χ2n) is 3.87. The summed E-state index contributed by atoms with van der Waals surface area (Å²) in [7, 11) is 2.03. The van der Waals surface area contributed by atoms with Gasteiger partial charge in [0.25, 0.3) is 0 Å². The molecule has 1 heterocycles. The molecule has 3 heteroatoms. The van der Waals surface area contributed by atoms with Crippen molar-refractivity contribution in [2.45, 2.75) is 38.5 Å². The lowest BCUT2D eigenvalue weighted by atomic mass is 10.2. The topological polar surface area (TPSA) is 32.7 Å². The molecular weight excluding hydrogens is 154 g/mol. The van der Waals surface area contributed by atoms with Gasteiger partial charge in [0.15, 0.2) is 0 Å². The predicted molar refractivity (Wildman–Crippen MR) is 48.1 cm³/mol. The van der Waals surface area contributed by atoms with Crippen LogP contribution in [0.15, 0.2) is 0 Å². The van der Waals surface area contributed by atoms with E-state index in [2.05, 4.69) is 4.90 Å². The fraction of sp³-hybridized carbons (Fsp3) is 1.00. The summed E-state index contributed by atoms with van der Waals surface area (Å²) < 4.78 is 5.49. The molecule has 2 atom stereocenters. The lowest BCUT2D eigenvalue weighted by molar-refractivity contribution is 0.0428. The highest BCUT2D eigenvalue weighted by Gasteiger charge is 2.27. The van der Waals surface area contributed by atoms with Crippen LogP contribution in [0.25, 0.3) is 0 Å². The first kappa shape index (κ1) is 9.96. The van der Waals surface area contributed by atoms with Gasteiger partial charge in [-0.05, 0) is 27.3 Å². The van der Waals surface area contributed by atoms with Crippen molar-refractivity contribution in [3.8, 4) is 0 Å². The first-order valence-electron chi connectivity index (χ1n) is 4.59. The molecule has 12 heavy (non-hydrogen) atoms. The summed E-state index contributed by atoms with van der Waals surface area (Å²) in [6.07, 6.45) is 0.982. The number of likely N-dealkylation sites (N-methyl/N-ethyl adjacent to an activating group) is 1. The van der Waals surface area contributed by atoms with E-state index in [4.69, 9.17) is 4.74 Å². The molecule has 1 saturated heterocycles. The monoisotopic (exact) mass is 173 g/mol. The Hall–Kier alpha value is -0.120. The van der Waals surface area contributed by atoms with Gasteiger partial charge in [0.2, 0.25) is 0 Å². The molecule has 1 rings (SSSR count). The van der Waals surface area contributed by atoms with Crippen molar-refractivity contribution in [1.29, 1.82) is 0 Å². The third-order valence-electron chi connectivity index (χ3n) is 2.29. The Kier molecular flexibility index (Phi) is 3.50. The quantitative estimate of drug-likeness (QED) is 0.673. The fourth-order valence-electron chi connectivity index (χ4n) is 1.55. The Bertz CT molecular complexity index is 138. The number of ether oxygens (including phenoxy) is 1. The molecule has 0 aromatic rings. The molecule has 0 aromatic carbocycles. The minimum Gasteiger partial charge on any atom is -0.392 e. The van der Waals surface area contributed by atoms with Gasteiger partial charge in [-0.1, -0.05) is 0 Å². The number of nitrogens with zero attached hydrogens (tertiary/aromatic N) is 1. The summed E-state index contributed by atoms with van der Waals surface area (Å²) in [6, 6.07) is 0.405. The van der Waals surface area contributed by atoms with Crippen LogP contribution in [-0.2, 0) is 4.74 Å². The second-order valence-corrected chi connectivity index (χ2v) is 3.87. The van der Waals surface area contributed by atoms with E-state index in [0.29, 0.717) is 6.04 Å². The Balaban J connectivity index is 2.23. The zero-order valence-electron chi connectivity index (χ0n) is 8.16. The van der Waals surface area contributed by atoms with Crippen molar-refractivity contribution in [2.24, 2.45) is 0 Å². The zero-order valence-corrected chi connectivity index (χ0v) is 8.16. The maximum absolute atomic E-state index is 9.34. The van der Waals surface area contributed by atoms with Crippen LogP contribution in [0.4, 0.5) is 0 Å². The highest BCUT2D eigenvalue weighted by Crippen LogP contribution is 2.15. The third kappa shape index (κ3) is 2.73. The van der Waals surface area contributed by atoms with E-state index in [1.54, 1.807) is 0 Å². The molecule has 1 N–H and O–H groups in total. The van der Waals surface area contributed by atoms with E-state index in [1.807, 2.05) is 20.9 Å². The molecule has 0 radical (unpaired) electrons. The molecule has 0 aromatic heterocycles. The van der Waals surface area contributed by atoms with E-state index in [0.717, 1.165) is 19.6 Å². The lowest BCUT2D eigenvalue weighted by Crippen LogP contribution is -2.30. The molecule has 0 aliphatic carbocycles. The van der Waals surface area contributed by atoms with Crippen molar-refractivity contribution in [1.82, 2.24) is 4.90 Å². The van der Waals surface area contributed by atoms with Crippen LogP contribution in [-0.4, -0.2) is 48.5 Å². The smallest absolute Gasteiger partial charge is 0.0682 e. The van der Waals surface area contributed by atoms with Gasteiger partial charge in [-0.25, -0.2) is 0 Å². The van der Waals surface area contributed by atoms with Gasteiger partial charge >= 0.3 is 0 Å². The molecule has 3 nitrogen and oxygen atoms in total. The van der Waals surface area contributed by atoms with Gasteiger partial charge < -0.3 is 9.84 Å². The predicted octanol–water partition coefficient (Wildman–Crippen LogP) is 0.476. The largest absolute Gasteiger partial charge is 0.392 e. The molecule has 0 bridgehead atoms. The van der Waals surface area contributed by atoms with Crippen molar-refractivity contribution >= 4 is 0 Å². The van der Waals surface area contributed by atoms with Crippen LogP contribution in [0.3, 0.4) is 0 Å². The van der Waals surface area contributed by atoms with Gasteiger partial charge in [0, 0.05) is 12.6 Å². The summed E-state index contributed by atoms with van der Waals surface area (Å²) in [5, 5.41) is 9.34. The Morgan fingerprint density at radius 3 is 2.67 bits per heavy atom. The number of aliphatic hydroxyl groups is 1. The van der Waals surface area contributed by atoms with Crippen molar-refractivity contribution in [3.63, 3.8) is 0 Å². The van der Waals surface area contributed by atoms with Crippen molar-refractivity contribution in [2.75, 3.05) is 20.2 Å². The molecule has 0 amide bonds. The maximum atomic E-state index is 9.34. The maximum Gasteiger partial charge on any atom is 0.0682 e. The van der Waals surface area contributed by atoms with Gasteiger partial charge in [-0.15, -0.1) is 0 Å². The molecule has 0 saturated carbocycles. The summed E-state index contributed by atoms with van der Waals surface area (Å²) in [4.78, 5) is 2.16. The summed E-state index contributed by atoms with van der Waals surface area (Å²) in [5.41, 5.74) is 0. The minimum absolute atomic E-state index is 0.157. The first-order valence-corrected chi connectivity index (χ1v) is 4.59. The summed E-state index contributed by atoms with van der Waals surface area (Å²) in [5.74, 6) is 0. The van der Waals surface area contributed by atoms with Gasteiger partial charge in [0.05, 0.1) is 18.8 Å². The second kappa shape index (κ2) is 4.21. The number of hydrogen-bond acceptors (Lipinski definition) is 3. The van der Waals surface area contributed by atoms with E-state index >= 15 is 0 Å². The average molecular weight is 173 g/mol. The van der Waals surface area contributed by atoms with Crippen LogP contribution >= 0.6 is 0 Å². The van der Waals surface area contributed by atoms with E-state index < -0.39 is 0 Å². The van der Waals surface area contributed by atoms with E-state index in [9.17, 15) is 5.11 Å². The Labute approximate surface area is 74.3 Å². The number of likely N-dealkylation sites (tertiary alicyclic amines) is 1. The van der Waals surface area contributed by atoms with Crippen LogP contribution in [0.1, 0.15) is 20.3 Å². The zero-order chi connectivity index (χ0) is 9.14. The average Bonchev–Trinajstić information content (AvgIpc) is 2.26. The molecule has 1 unspecified atom stereocenters. The van der Waals surface area contributed by atoms with Crippen LogP contribution in [0.2, 0.25) is 0 Å². The van der Waals surface area contributed by atoms with Crippen LogP contribution < -0.4 is 0 Å². The van der Waals surface area contributed by atoms with Crippen LogP contribution in [0, 0.1) is 0 Å². The number of hydrogen-bond donors (Lipinski definition) is 1. The Morgan fingerprint density at radius 2 is 2.25 bits per heavy atom. The van der Waals surface area contributed by atoms with E-state index in [-0.39, 0.29) is 12.2 Å². The SMILES string of the molecule is CC(C)OC[C@@H]1CC(O)CN1C. The lowest BCUT2D eigenvalue weighted by Gasteiger charge is -2.19. The summed E-state index contributed by atoms with van der Waals surface area (Å²) >= 11 is 0. The number of aliphatic hydroxyl groups excluding tert-OH is 1. The number of β-amino-alcohol motifs (C(OH)–C–C–N with tert-alkyl or cyclic N) is 1. The van der Waals surface area contributed by atoms with Gasteiger partial charge in [-0.2, -0.15) is 0 Å². The summed E-state index contributed by atoms with van der Waals surface area (Å²) in [6.45, 7) is 5.59. The fourth-order valence-corrected chi connectivity index (χ4v) is 1.55. The molecule has 0 spiro atoms. The molecule has 1 fully saturated rings.